The number of carbonyl (C=O) groups excluding carboxylic acids is 1. The number of alkyl halides is 3. The van der Waals surface area contributed by atoms with Crippen molar-refractivity contribution in [3.05, 3.63) is 73.9 Å². The Balaban J connectivity index is 2.08. The van der Waals surface area contributed by atoms with Crippen molar-refractivity contribution in [2.75, 3.05) is 0 Å². The first-order valence-corrected chi connectivity index (χ1v) is 8.89. The number of nitrogens with zero attached hydrogens (tertiary/aromatic N) is 3. The minimum absolute atomic E-state index is 0.149. The Morgan fingerprint density at radius 2 is 1.94 bits per heavy atom. The van der Waals surface area contributed by atoms with E-state index in [0.29, 0.717) is 12.1 Å². The van der Waals surface area contributed by atoms with Crippen molar-refractivity contribution in [3.8, 4) is 17.4 Å². The van der Waals surface area contributed by atoms with E-state index in [0.717, 1.165) is 16.8 Å². The van der Waals surface area contributed by atoms with Gasteiger partial charge in [0, 0.05) is 7.05 Å². The zero-order valence-corrected chi connectivity index (χ0v) is 16.7. The molecule has 0 bridgehead atoms. The van der Waals surface area contributed by atoms with E-state index in [4.69, 9.17) is 16.3 Å². The lowest BCUT2D eigenvalue weighted by molar-refractivity contribution is -0.385. The van der Waals surface area contributed by atoms with Crippen LogP contribution in [-0.2, 0) is 13.2 Å². The molecule has 0 aliphatic carbocycles. The third kappa shape index (κ3) is 4.17. The molecule has 3 aromatic rings. The van der Waals surface area contributed by atoms with Crippen LogP contribution in [0, 0.1) is 17.0 Å². The van der Waals surface area contributed by atoms with E-state index in [9.17, 15) is 33.2 Å². The Bertz CT molecular complexity index is 1210. The third-order valence-electron chi connectivity index (χ3n) is 4.32. The van der Waals surface area contributed by atoms with Crippen molar-refractivity contribution < 1.29 is 32.7 Å². The van der Waals surface area contributed by atoms with Crippen LogP contribution in [0.3, 0.4) is 0 Å². The number of aryl methyl sites for hydroxylation is 2. The highest BCUT2D eigenvalue weighted by Gasteiger charge is 2.33. The summed E-state index contributed by atoms with van der Waals surface area (Å²) in [4.78, 5) is 23.8. The molecular formula is C19H13ClF3N3O5. The van der Waals surface area contributed by atoms with Crippen LogP contribution in [0.1, 0.15) is 27.2 Å². The minimum Gasteiger partial charge on any atom is -0.493 e. The van der Waals surface area contributed by atoms with E-state index in [-0.39, 0.29) is 17.0 Å². The van der Waals surface area contributed by atoms with Gasteiger partial charge in [-0.1, -0.05) is 17.7 Å². The van der Waals surface area contributed by atoms with Crippen LogP contribution in [0.4, 0.5) is 18.9 Å². The molecule has 1 N–H and O–H groups in total. The van der Waals surface area contributed by atoms with Crippen LogP contribution in [0.5, 0.6) is 17.4 Å². The van der Waals surface area contributed by atoms with Gasteiger partial charge in [0.05, 0.1) is 21.2 Å². The number of carbonyl (C=O) groups is 1. The number of ether oxygens (including phenoxy) is 1. The van der Waals surface area contributed by atoms with Crippen LogP contribution in [0.2, 0.25) is 5.02 Å². The van der Waals surface area contributed by atoms with Gasteiger partial charge in [0.25, 0.3) is 0 Å². The number of halogens is 4. The molecule has 0 atom stereocenters. The summed E-state index contributed by atoms with van der Waals surface area (Å²) in [6.07, 6.45) is -4.63. The third-order valence-corrected chi connectivity index (χ3v) is 4.62. The molecule has 0 aliphatic heterocycles. The molecule has 31 heavy (non-hydrogen) atoms. The van der Waals surface area contributed by atoms with Crippen molar-refractivity contribution in [1.82, 2.24) is 9.78 Å². The van der Waals surface area contributed by atoms with E-state index in [1.807, 2.05) is 0 Å². The molecule has 8 nitrogen and oxygen atoms in total. The first-order valence-electron chi connectivity index (χ1n) is 8.51. The van der Waals surface area contributed by atoms with Gasteiger partial charge in [0.2, 0.25) is 17.4 Å². The van der Waals surface area contributed by atoms with E-state index in [2.05, 4.69) is 5.10 Å². The summed E-state index contributed by atoms with van der Waals surface area (Å²) >= 11 is 5.85. The number of para-hydroxylation sites is 1. The Kier molecular flexibility index (Phi) is 5.64. The lowest BCUT2D eigenvalue weighted by Crippen LogP contribution is -2.08. The Hall–Kier alpha value is -3.60. The molecule has 0 amide bonds. The average molecular weight is 456 g/mol. The van der Waals surface area contributed by atoms with E-state index >= 15 is 0 Å². The number of aromatic hydroxyl groups is 1. The number of nitro groups is 1. The van der Waals surface area contributed by atoms with Gasteiger partial charge >= 0.3 is 11.9 Å². The van der Waals surface area contributed by atoms with Gasteiger partial charge in [-0.3, -0.25) is 14.9 Å². The van der Waals surface area contributed by atoms with Gasteiger partial charge in [-0.05, 0) is 37.3 Å². The van der Waals surface area contributed by atoms with Crippen LogP contribution < -0.4 is 4.74 Å². The molecule has 3 rings (SSSR count). The summed E-state index contributed by atoms with van der Waals surface area (Å²) in [5.74, 6) is -2.05. The number of nitro benzene ring substituents is 1. The van der Waals surface area contributed by atoms with Crippen molar-refractivity contribution in [2.24, 2.45) is 7.05 Å². The van der Waals surface area contributed by atoms with Gasteiger partial charge in [0.1, 0.15) is 16.9 Å². The standard InChI is InChI=1S/C19H13ClF3N3O5/c1-9-15(18(28)25(2)24-9)17(27)11-4-3-5-14(16(11)26(29)30)31-13-7-6-10(8-12(13)20)19(21,22)23/h3-8,28H,1-2H3. The molecule has 12 heteroatoms. The first-order chi connectivity index (χ1) is 14.4. The summed E-state index contributed by atoms with van der Waals surface area (Å²) in [5, 5.41) is 25.3. The normalized spacial score (nSPS) is 11.4. The fourth-order valence-corrected chi connectivity index (χ4v) is 3.12. The van der Waals surface area contributed by atoms with Gasteiger partial charge < -0.3 is 9.84 Å². The predicted molar refractivity (Wildman–Crippen MR) is 103 cm³/mol. The maximum Gasteiger partial charge on any atom is 0.416 e. The molecule has 1 heterocycles. The number of rotatable bonds is 5. The molecule has 0 unspecified atom stereocenters. The molecule has 0 fully saturated rings. The highest BCUT2D eigenvalue weighted by atomic mass is 35.5. The zero-order valence-electron chi connectivity index (χ0n) is 15.9. The highest BCUT2D eigenvalue weighted by Crippen LogP contribution is 2.40. The quantitative estimate of drug-likeness (QED) is 0.328. The Morgan fingerprint density at radius 3 is 2.45 bits per heavy atom. The summed E-state index contributed by atoms with van der Waals surface area (Å²) in [6, 6.07) is 5.86. The minimum atomic E-state index is -4.63. The molecule has 0 saturated heterocycles. The zero-order chi connectivity index (χ0) is 23.1. The SMILES string of the molecule is Cc1nn(C)c(O)c1C(=O)c1cccc(Oc2ccc(C(F)(F)F)cc2Cl)c1[N+](=O)[O-]. The first kappa shape index (κ1) is 22.1. The lowest BCUT2D eigenvalue weighted by atomic mass is 10.0. The maximum atomic E-state index is 12.9. The summed E-state index contributed by atoms with van der Waals surface area (Å²) < 4.78 is 44.9. The van der Waals surface area contributed by atoms with E-state index in [1.54, 1.807) is 0 Å². The molecular weight excluding hydrogens is 443 g/mol. The van der Waals surface area contributed by atoms with Crippen LogP contribution in [0.15, 0.2) is 36.4 Å². The number of ketones is 1. The number of hydrogen-bond donors (Lipinski definition) is 1. The van der Waals surface area contributed by atoms with Crippen molar-refractivity contribution >= 4 is 23.1 Å². The van der Waals surface area contributed by atoms with Crippen LogP contribution >= 0.6 is 11.6 Å². The van der Waals surface area contributed by atoms with E-state index < -0.39 is 50.3 Å². The van der Waals surface area contributed by atoms with Crippen molar-refractivity contribution in [2.45, 2.75) is 13.1 Å². The second-order valence-electron chi connectivity index (χ2n) is 6.39. The number of hydrogen-bond acceptors (Lipinski definition) is 6. The maximum absolute atomic E-state index is 12.9. The van der Waals surface area contributed by atoms with Crippen LogP contribution in [-0.4, -0.2) is 25.6 Å². The molecule has 0 spiro atoms. The second-order valence-corrected chi connectivity index (χ2v) is 6.80. The van der Waals surface area contributed by atoms with Crippen molar-refractivity contribution in [3.63, 3.8) is 0 Å². The average Bonchev–Trinajstić information content (AvgIpc) is 2.93. The van der Waals surface area contributed by atoms with Gasteiger partial charge in [-0.2, -0.15) is 18.3 Å². The lowest BCUT2D eigenvalue weighted by Gasteiger charge is -2.12. The summed E-state index contributed by atoms with van der Waals surface area (Å²) in [6.45, 7) is 1.45. The Labute approximate surface area is 177 Å². The highest BCUT2D eigenvalue weighted by molar-refractivity contribution is 6.32. The molecule has 0 radical (unpaired) electrons. The monoisotopic (exact) mass is 455 g/mol. The largest absolute Gasteiger partial charge is 0.493 e. The van der Waals surface area contributed by atoms with E-state index in [1.165, 1.54) is 26.1 Å². The van der Waals surface area contributed by atoms with Gasteiger partial charge in [-0.25, -0.2) is 4.68 Å². The number of benzene rings is 2. The smallest absolute Gasteiger partial charge is 0.416 e. The fraction of sp³-hybridized carbons (Fsp3) is 0.158. The number of aromatic nitrogens is 2. The Morgan fingerprint density at radius 1 is 1.26 bits per heavy atom. The second kappa shape index (κ2) is 7.91. The summed E-state index contributed by atoms with van der Waals surface area (Å²) in [7, 11) is 1.39. The van der Waals surface area contributed by atoms with Gasteiger partial charge in [0.15, 0.2) is 0 Å². The molecule has 1 aromatic heterocycles. The van der Waals surface area contributed by atoms with Crippen LogP contribution in [0.25, 0.3) is 0 Å². The molecule has 2 aromatic carbocycles. The van der Waals surface area contributed by atoms with Crippen molar-refractivity contribution in [1.29, 1.82) is 0 Å². The fourth-order valence-electron chi connectivity index (χ4n) is 2.90. The predicted octanol–water partition coefficient (Wildman–Crippen LogP) is 5.04. The summed E-state index contributed by atoms with van der Waals surface area (Å²) in [5.41, 5.74) is -2.25. The molecule has 0 saturated carbocycles. The topological polar surface area (TPSA) is 107 Å². The van der Waals surface area contributed by atoms with Gasteiger partial charge in [-0.15, -0.1) is 0 Å². The molecule has 0 aliphatic rings. The molecule has 162 valence electrons.